The maximum absolute atomic E-state index is 9.74. The molecule has 0 radical (unpaired) electrons. The summed E-state index contributed by atoms with van der Waals surface area (Å²) in [6.45, 7) is 3.41. The highest BCUT2D eigenvalue weighted by Crippen LogP contribution is 2.56. The van der Waals surface area contributed by atoms with Crippen LogP contribution in [0.25, 0.3) is 0 Å². The Hall–Kier alpha value is -2.00. The summed E-state index contributed by atoms with van der Waals surface area (Å²) in [5.74, 6) is 2.19. The molecule has 2 N–H and O–H groups in total. The highest BCUT2D eigenvalue weighted by atomic mass is 16.3. The number of rotatable bonds is 5. The lowest BCUT2D eigenvalue weighted by Crippen LogP contribution is -2.61. The normalized spacial score (nSPS) is 30.4. The van der Waals surface area contributed by atoms with Gasteiger partial charge in [-0.2, -0.15) is 0 Å². The Balaban J connectivity index is 1.29. The zero-order chi connectivity index (χ0) is 20.1. The molecule has 2 saturated carbocycles. The van der Waals surface area contributed by atoms with Gasteiger partial charge in [-0.05, 0) is 97.9 Å². The Bertz CT molecular complexity index is 936. The van der Waals surface area contributed by atoms with Gasteiger partial charge in [-0.25, -0.2) is 0 Å². The third-order valence-corrected chi connectivity index (χ3v) is 8.55. The minimum atomic E-state index is 0.340. The Morgan fingerprint density at radius 3 is 2.83 bits per heavy atom. The Morgan fingerprint density at radius 1 is 1.03 bits per heavy atom. The van der Waals surface area contributed by atoms with Crippen molar-refractivity contribution in [3.63, 3.8) is 0 Å². The quantitative estimate of drug-likeness (QED) is 0.696. The van der Waals surface area contributed by atoms with E-state index in [1.54, 1.807) is 17.2 Å². The van der Waals surface area contributed by atoms with E-state index in [4.69, 9.17) is 0 Å². The average Bonchev–Trinajstić information content (AvgIpc) is 3.58. The fraction of sp³-hybridized carbons (Fsp3) is 0.556. The van der Waals surface area contributed by atoms with Crippen LogP contribution in [0.2, 0.25) is 0 Å². The fourth-order valence-corrected chi connectivity index (χ4v) is 6.92. The van der Waals surface area contributed by atoms with E-state index >= 15 is 0 Å². The summed E-state index contributed by atoms with van der Waals surface area (Å²) in [5.41, 5.74) is 6.04. The topological polar surface area (TPSA) is 35.5 Å². The minimum Gasteiger partial charge on any atom is -0.508 e. The molecule has 30 heavy (non-hydrogen) atoms. The molecule has 4 aliphatic rings. The lowest BCUT2D eigenvalue weighted by molar-refractivity contribution is -0.0133. The van der Waals surface area contributed by atoms with Crippen molar-refractivity contribution in [2.75, 3.05) is 18.4 Å². The van der Waals surface area contributed by atoms with Gasteiger partial charge in [0.2, 0.25) is 0 Å². The first-order valence-electron chi connectivity index (χ1n) is 12.1. The minimum absolute atomic E-state index is 0.340. The van der Waals surface area contributed by atoms with E-state index in [-0.39, 0.29) is 0 Å². The molecule has 1 aliphatic heterocycles. The molecule has 0 aromatic heterocycles. The van der Waals surface area contributed by atoms with Crippen LogP contribution in [0.4, 0.5) is 5.69 Å². The van der Waals surface area contributed by atoms with Crippen molar-refractivity contribution in [1.29, 1.82) is 0 Å². The molecule has 6 rings (SSSR count). The van der Waals surface area contributed by atoms with Crippen molar-refractivity contribution in [2.45, 2.75) is 69.4 Å². The number of hydrogen-bond donors (Lipinski definition) is 2. The van der Waals surface area contributed by atoms with E-state index in [1.807, 2.05) is 12.1 Å². The van der Waals surface area contributed by atoms with Crippen molar-refractivity contribution in [2.24, 2.45) is 11.8 Å². The van der Waals surface area contributed by atoms with Crippen LogP contribution in [0.1, 0.15) is 61.6 Å². The van der Waals surface area contributed by atoms with Crippen LogP contribution in [-0.4, -0.2) is 29.1 Å². The first-order valence-corrected chi connectivity index (χ1v) is 12.1. The Kier molecular flexibility index (Phi) is 4.56. The molecular weight excluding hydrogens is 368 g/mol. The second kappa shape index (κ2) is 7.30. The third-order valence-electron chi connectivity index (χ3n) is 8.55. The molecule has 0 amide bonds. The molecule has 1 saturated heterocycles. The van der Waals surface area contributed by atoms with Crippen molar-refractivity contribution in [1.82, 2.24) is 4.90 Å². The molecule has 3 atom stereocenters. The number of phenolic OH excluding ortho intramolecular Hbond substituents is 1. The largest absolute Gasteiger partial charge is 0.508 e. The number of anilines is 1. The number of likely N-dealkylation sites (tertiary alicyclic amines) is 1. The summed E-state index contributed by atoms with van der Waals surface area (Å²) in [4.78, 5) is 2.89. The number of hydrogen-bond acceptors (Lipinski definition) is 3. The summed E-state index contributed by atoms with van der Waals surface area (Å²) in [7, 11) is 0. The van der Waals surface area contributed by atoms with Gasteiger partial charge in [-0.3, -0.25) is 4.90 Å². The Labute approximate surface area is 180 Å². The average molecular weight is 403 g/mol. The van der Waals surface area contributed by atoms with Gasteiger partial charge in [0.05, 0.1) is 0 Å². The second-order valence-corrected chi connectivity index (χ2v) is 10.4. The number of fused-ring (bicyclic) bond motifs is 1. The second-order valence-electron chi connectivity index (χ2n) is 10.4. The zero-order valence-electron chi connectivity index (χ0n) is 17.9. The first-order chi connectivity index (χ1) is 14.7. The van der Waals surface area contributed by atoms with Crippen molar-refractivity contribution >= 4 is 5.69 Å². The van der Waals surface area contributed by atoms with Gasteiger partial charge >= 0.3 is 0 Å². The van der Waals surface area contributed by atoms with Crippen LogP contribution < -0.4 is 5.32 Å². The molecule has 2 aromatic carbocycles. The van der Waals surface area contributed by atoms with Gasteiger partial charge in [-0.1, -0.05) is 31.0 Å². The summed E-state index contributed by atoms with van der Waals surface area (Å²) in [6, 6.07) is 15.5. The first kappa shape index (κ1) is 18.7. The van der Waals surface area contributed by atoms with E-state index in [2.05, 4.69) is 34.5 Å². The fourth-order valence-electron chi connectivity index (χ4n) is 6.92. The van der Waals surface area contributed by atoms with Crippen LogP contribution in [0.3, 0.4) is 0 Å². The lowest BCUT2D eigenvalue weighted by Gasteiger charge is -2.59. The van der Waals surface area contributed by atoms with Crippen molar-refractivity contribution in [3.8, 4) is 5.75 Å². The lowest BCUT2D eigenvalue weighted by atomic mass is 9.52. The van der Waals surface area contributed by atoms with Crippen LogP contribution in [-0.2, 0) is 18.4 Å². The molecule has 2 bridgehead atoms. The zero-order valence-corrected chi connectivity index (χ0v) is 17.9. The van der Waals surface area contributed by atoms with Crippen molar-refractivity contribution < 1.29 is 5.11 Å². The van der Waals surface area contributed by atoms with Crippen LogP contribution in [0.15, 0.2) is 42.5 Å². The molecule has 3 aliphatic carbocycles. The number of nitrogens with zero attached hydrogens (tertiary/aromatic N) is 1. The predicted octanol–water partition coefficient (Wildman–Crippen LogP) is 5.47. The standard InChI is InChI=1S/C27H34N2O/c30-23-5-3-4-20(14-23)17-28-22-10-9-21-15-26-24-6-1-2-11-27(24,25(21)16-22)12-13-29(26)18-19-7-8-19/h3-5,9-10,14,16,19,24,26,28,30H,1-2,6-8,11-13,15,17-18H2/t24-,26+,27+/m0/s1. The maximum atomic E-state index is 9.74. The van der Waals surface area contributed by atoms with Crippen LogP contribution in [0.5, 0.6) is 5.75 Å². The molecule has 158 valence electrons. The highest BCUT2D eigenvalue weighted by molar-refractivity contribution is 5.54. The van der Waals surface area contributed by atoms with Crippen LogP contribution in [0, 0.1) is 11.8 Å². The summed E-state index contributed by atoms with van der Waals surface area (Å²) in [6.07, 6.45) is 11.1. The van der Waals surface area contributed by atoms with Gasteiger partial charge in [0, 0.05) is 30.2 Å². The molecule has 2 aromatic rings. The van der Waals surface area contributed by atoms with E-state index < -0.39 is 0 Å². The van der Waals surface area contributed by atoms with Gasteiger partial charge < -0.3 is 10.4 Å². The number of piperidine rings is 1. The maximum Gasteiger partial charge on any atom is 0.115 e. The Morgan fingerprint density at radius 2 is 1.97 bits per heavy atom. The van der Waals surface area contributed by atoms with Crippen molar-refractivity contribution in [3.05, 3.63) is 59.2 Å². The molecule has 0 spiro atoms. The molecule has 3 fully saturated rings. The molecule has 3 nitrogen and oxygen atoms in total. The van der Waals surface area contributed by atoms with E-state index in [0.717, 1.165) is 30.0 Å². The summed E-state index contributed by atoms with van der Waals surface area (Å²) in [5, 5.41) is 13.4. The molecule has 3 heteroatoms. The number of aromatic hydroxyl groups is 1. The summed E-state index contributed by atoms with van der Waals surface area (Å²) >= 11 is 0. The molecular formula is C27H34N2O. The number of nitrogens with one attached hydrogen (secondary N) is 1. The highest BCUT2D eigenvalue weighted by Gasteiger charge is 2.54. The predicted molar refractivity (Wildman–Crippen MR) is 122 cm³/mol. The molecule has 1 heterocycles. The number of benzene rings is 2. The molecule has 0 unspecified atom stereocenters. The smallest absolute Gasteiger partial charge is 0.115 e. The van der Waals surface area contributed by atoms with Gasteiger partial charge in [0.15, 0.2) is 0 Å². The van der Waals surface area contributed by atoms with E-state index in [0.29, 0.717) is 11.2 Å². The van der Waals surface area contributed by atoms with Gasteiger partial charge in [0.1, 0.15) is 5.75 Å². The number of phenols is 1. The SMILES string of the molecule is Oc1cccc(CNc2ccc3c(c2)[C@@]24CCCC[C@H]2[C@@H](C3)N(CC2CC2)CC4)c1. The van der Waals surface area contributed by atoms with Gasteiger partial charge in [-0.15, -0.1) is 0 Å². The van der Waals surface area contributed by atoms with Crippen LogP contribution >= 0.6 is 0 Å². The monoisotopic (exact) mass is 402 g/mol. The van der Waals surface area contributed by atoms with E-state index in [1.165, 1.54) is 70.1 Å². The summed E-state index contributed by atoms with van der Waals surface area (Å²) < 4.78 is 0. The van der Waals surface area contributed by atoms with E-state index in [9.17, 15) is 5.11 Å². The van der Waals surface area contributed by atoms with Gasteiger partial charge in [0.25, 0.3) is 0 Å². The third kappa shape index (κ3) is 3.22.